The zero-order valence-corrected chi connectivity index (χ0v) is 16.8. The minimum absolute atomic E-state index is 0.00360. The van der Waals surface area contributed by atoms with Gasteiger partial charge < -0.3 is 5.32 Å². The lowest BCUT2D eigenvalue weighted by molar-refractivity contribution is -0.167. The second-order valence-electron chi connectivity index (χ2n) is 5.85. The minimum atomic E-state index is -4.95. The van der Waals surface area contributed by atoms with Gasteiger partial charge in [-0.15, -0.1) is 11.8 Å². The first kappa shape index (κ1) is 22.8. The van der Waals surface area contributed by atoms with Crippen molar-refractivity contribution in [1.82, 2.24) is 5.43 Å². The molecule has 2 aromatic rings. The second kappa shape index (κ2) is 10.3. The quantitative estimate of drug-likeness (QED) is 0.484. The molecular formula is C19H17ClF3N3O2S. The Bertz CT molecular complexity index is 902. The van der Waals surface area contributed by atoms with Gasteiger partial charge >= 0.3 is 12.1 Å². The number of nitrogens with one attached hydrogen (secondary N) is 2. The average molecular weight is 444 g/mol. The van der Waals surface area contributed by atoms with E-state index in [1.165, 1.54) is 36.0 Å². The number of hydrogen-bond donors (Lipinski definition) is 2. The molecule has 0 aliphatic carbocycles. The Kier molecular flexibility index (Phi) is 8.10. The summed E-state index contributed by atoms with van der Waals surface area (Å²) in [6.07, 6.45) is -4.95. The van der Waals surface area contributed by atoms with Crippen LogP contribution in [0.15, 0.2) is 53.6 Å². The van der Waals surface area contributed by atoms with Crippen molar-refractivity contribution >= 4 is 46.6 Å². The van der Waals surface area contributed by atoms with E-state index in [1.807, 2.05) is 18.2 Å². The molecular weight excluding hydrogens is 427 g/mol. The molecule has 0 aliphatic heterocycles. The van der Waals surface area contributed by atoms with Crippen LogP contribution < -0.4 is 10.7 Å². The Morgan fingerprint density at radius 3 is 2.38 bits per heavy atom. The van der Waals surface area contributed by atoms with Gasteiger partial charge in [-0.3, -0.25) is 9.59 Å². The summed E-state index contributed by atoms with van der Waals surface area (Å²) in [7, 11) is 0. The molecule has 0 aliphatic rings. The number of hydrazone groups is 1. The van der Waals surface area contributed by atoms with Gasteiger partial charge in [0.1, 0.15) is 0 Å². The highest BCUT2D eigenvalue weighted by Gasteiger charge is 2.38. The van der Waals surface area contributed by atoms with Crippen molar-refractivity contribution in [2.24, 2.45) is 5.10 Å². The molecule has 29 heavy (non-hydrogen) atoms. The molecule has 154 valence electrons. The molecule has 0 aromatic heterocycles. The maximum Gasteiger partial charge on any atom is 0.471 e. The number of anilines is 1. The van der Waals surface area contributed by atoms with Crippen molar-refractivity contribution in [3.8, 4) is 0 Å². The summed E-state index contributed by atoms with van der Waals surface area (Å²) in [6.45, 7) is 1.64. The van der Waals surface area contributed by atoms with Crippen LogP contribution >= 0.6 is 23.4 Å². The SMILES string of the molecule is C/C(=N\NC(=O)CSCc1ccccc1Cl)c1ccc(NC(=O)C(F)(F)F)cc1. The average Bonchev–Trinajstić information content (AvgIpc) is 2.67. The summed E-state index contributed by atoms with van der Waals surface area (Å²) >= 11 is 7.44. The molecule has 2 amide bonds. The van der Waals surface area contributed by atoms with Gasteiger partial charge in [0.25, 0.3) is 0 Å². The number of amides is 2. The molecule has 2 aromatic carbocycles. The van der Waals surface area contributed by atoms with Crippen LogP contribution in [0.5, 0.6) is 0 Å². The van der Waals surface area contributed by atoms with E-state index in [0.29, 0.717) is 22.1 Å². The normalized spacial score (nSPS) is 11.8. The fraction of sp³-hybridized carbons (Fsp3) is 0.211. The fourth-order valence-corrected chi connectivity index (χ4v) is 3.21. The van der Waals surface area contributed by atoms with Crippen LogP contribution in [0.3, 0.4) is 0 Å². The number of thioether (sulfide) groups is 1. The molecule has 0 heterocycles. The van der Waals surface area contributed by atoms with E-state index in [-0.39, 0.29) is 17.3 Å². The first-order chi connectivity index (χ1) is 13.7. The largest absolute Gasteiger partial charge is 0.471 e. The number of nitrogens with zero attached hydrogens (tertiary/aromatic N) is 1. The second-order valence-corrected chi connectivity index (χ2v) is 7.24. The Hall–Kier alpha value is -2.52. The van der Waals surface area contributed by atoms with Gasteiger partial charge in [-0.2, -0.15) is 18.3 Å². The van der Waals surface area contributed by atoms with E-state index >= 15 is 0 Å². The molecule has 0 saturated carbocycles. The smallest absolute Gasteiger partial charge is 0.318 e. The lowest BCUT2D eigenvalue weighted by Gasteiger charge is -2.08. The molecule has 0 fully saturated rings. The summed E-state index contributed by atoms with van der Waals surface area (Å²) in [5.74, 6) is -1.57. The highest BCUT2D eigenvalue weighted by molar-refractivity contribution is 7.99. The number of rotatable bonds is 7. The number of carbonyl (C=O) groups excluding carboxylic acids is 2. The molecule has 5 nitrogen and oxygen atoms in total. The summed E-state index contributed by atoms with van der Waals surface area (Å²) in [5, 5.41) is 6.37. The van der Waals surface area contributed by atoms with Gasteiger partial charge in [-0.05, 0) is 36.2 Å². The zero-order valence-electron chi connectivity index (χ0n) is 15.2. The van der Waals surface area contributed by atoms with Crippen LogP contribution in [0.25, 0.3) is 0 Å². The highest BCUT2D eigenvalue weighted by Crippen LogP contribution is 2.21. The third-order valence-electron chi connectivity index (χ3n) is 3.61. The Morgan fingerprint density at radius 2 is 1.76 bits per heavy atom. The van der Waals surface area contributed by atoms with Crippen molar-refractivity contribution in [1.29, 1.82) is 0 Å². The van der Waals surface area contributed by atoms with Gasteiger partial charge in [0.05, 0.1) is 11.5 Å². The van der Waals surface area contributed by atoms with Crippen LogP contribution in [0.1, 0.15) is 18.1 Å². The van der Waals surface area contributed by atoms with Crippen LogP contribution in [0, 0.1) is 0 Å². The molecule has 0 radical (unpaired) electrons. The molecule has 2 N–H and O–H groups in total. The first-order valence-corrected chi connectivity index (χ1v) is 9.83. The number of hydrogen-bond acceptors (Lipinski definition) is 4. The van der Waals surface area contributed by atoms with E-state index in [1.54, 1.807) is 18.3 Å². The van der Waals surface area contributed by atoms with E-state index in [9.17, 15) is 22.8 Å². The van der Waals surface area contributed by atoms with Crippen LogP contribution in [-0.2, 0) is 15.3 Å². The van der Waals surface area contributed by atoms with Crippen molar-refractivity contribution in [3.63, 3.8) is 0 Å². The molecule has 0 spiro atoms. The van der Waals surface area contributed by atoms with Gasteiger partial charge in [-0.25, -0.2) is 5.43 Å². The predicted molar refractivity (Wildman–Crippen MR) is 109 cm³/mol. The predicted octanol–water partition coefficient (Wildman–Crippen LogP) is 4.61. The first-order valence-electron chi connectivity index (χ1n) is 8.29. The molecule has 0 atom stereocenters. The summed E-state index contributed by atoms with van der Waals surface area (Å²) in [6, 6.07) is 13.0. The van der Waals surface area contributed by atoms with Gasteiger partial charge in [0, 0.05) is 16.5 Å². The van der Waals surface area contributed by atoms with E-state index < -0.39 is 12.1 Å². The zero-order chi connectivity index (χ0) is 21.4. The van der Waals surface area contributed by atoms with E-state index in [0.717, 1.165) is 5.56 Å². The molecule has 0 bridgehead atoms. The van der Waals surface area contributed by atoms with Crippen LogP contribution in [0.4, 0.5) is 18.9 Å². The molecule has 10 heteroatoms. The van der Waals surface area contributed by atoms with E-state index in [2.05, 4.69) is 10.5 Å². The van der Waals surface area contributed by atoms with E-state index in [4.69, 9.17) is 11.6 Å². The number of alkyl halides is 3. The third kappa shape index (κ3) is 7.43. The summed E-state index contributed by atoms with van der Waals surface area (Å²) < 4.78 is 36.7. The number of benzene rings is 2. The number of halogens is 4. The van der Waals surface area contributed by atoms with Gasteiger partial charge in [0.2, 0.25) is 5.91 Å². The van der Waals surface area contributed by atoms with Crippen molar-refractivity contribution < 1.29 is 22.8 Å². The topological polar surface area (TPSA) is 70.6 Å². The highest BCUT2D eigenvalue weighted by atomic mass is 35.5. The monoisotopic (exact) mass is 443 g/mol. The van der Waals surface area contributed by atoms with Gasteiger partial charge in [0.15, 0.2) is 0 Å². The summed E-state index contributed by atoms with van der Waals surface area (Å²) in [4.78, 5) is 22.8. The standard InChI is InChI=1S/C19H17ClF3N3O2S/c1-12(13-6-8-15(9-7-13)24-18(28)19(21,22)23)25-26-17(27)11-29-10-14-4-2-3-5-16(14)20/h2-9H,10-11H2,1H3,(H,24,28)(H,26,27)/b25-12+. The van der Waals surface area contributed by atoms with Crippen molar-refractivity contribution in [2.75, 3.05) is 11.1 Å². The van der Waals surface area contributed by atoms with Crippen LogP contribution in [0.2, 0.25) is 5.02 Å². The lowest BCUT2D eigenvalue weighted by atomic mass is 10.1. The molecule has 2 rings (SSSR count). The van der Waals surface area contributed by atoms with Crippen molar-refractivity contribution in [2.45, 2.75) is 18.9 Å². The molecule has 0 saturated heterocycles. The Balaban J connectivity index is 1.83. The maximum atomic E-state index is 12.2. The third-order valence-corrected chi connectivity index (χ3v) is 4.97. The minimum Gasteiger partial charge on any atom is -0.318 e. The fourth-order valence-electron chi connectivity index (χ4n) is 2.11. The Morgan fingerprint density at radius 1 is 1.10 bits per heavy atom. The molecule has 0 unspecified atom stereocenters. The van der Waals surface area contributed by atoms with Gasteiger partial charge in [-0.1, -0.05) is 41.9 Å². The Labute approximate surface area is 174 Å². The maximum absolute atomic E-state index is 12.2. The lowest BCUT2D eigenvalue weighted by Crippen LogP contribution is -2.29. The summed E-state index contributed by atoms with van der Waals surface area (Å²) in [5.41, 5.74) is 4.41. The van der Waals surface area contributed by atoms with Crippen molar-refractivity contribution in [3.05, 3.63) is 64.7 Å². The number of carbonyl (C=O) groups is 2. The van der Waals surface area contributed by atoms with Crippen LogP contribution in [-0.4, -0.2) is 29.5 Å².